The predicted octanol–water partition coefficient (Wildman–Crippen LogP) is 7.43. The van der Waals surface area contributed by atoms with Gasteiger partial charge in [-0.25, -0.2) is 15.0 Å². The van der Waals surface area contributed by atoms with Crippen molar-refractivity contribution < 1.29 is 18.1 Å². The summed E-state index contributed by atoms with van der Waals surface area (Å²) < 4.78 is 88.4. The monoisotopic (exact) mass is 443 g/mol. The van der Waals surface area contributed by atoms with E-state index in [1.54, 1.807) is 30.3 Å². The molecule has 4 aromatic carbocycles. The maximum absolute atomic E-state index is 8.48. The topological polar surface area (TPSA) is 51.8 Å². The Balaban J connectivity index is 1.78. The Labute approximate surface area is 203 Å². The number of para-hydroxylation sites is 1. The third-order valence-corrected chi connectivity index (χ3v) is 4.99. The lowest BCUT2D eigenvalue weighted by Crippen LogP contribution is -2.00. The van der Waals surface area contributed by atoms with Gasteiger partial charge in [0.1, 0.15) is 11.2 Å². The molecule has 0 spiro atoms. The molecule has 6 rings (SSSR count). The fourth-order valence-electron chi connectivity index (χ4n) is 3.44. The average molecular weight is 444 g/mol. The molecular weight excluding hydrogens is 418 g/mol. The van der Waals surface area contributed by atoms with Gasteiger partial charge in [0, 0.05) is 38.6 Å². The van der Waals surface area contributed by atoms with Gasteiger partial charge in [-0.2, -0.15) is 0 Å². The third kappa shape index (κ3) is 3.22. The summed E-state index contributed by atoms with van der Waals surface area (Å²) in [5, 5.41) is 1.50. The Morgan fingerprint density at radius 1 is 0.688 bits per heavy atom. The fraction of sp³-hybridized carbons (Fsp3) is 0. The van der Waals surface area contributed by atoms with Crippen LogP contribution in [0.5, 0.6) is 0 Å². The van der Waals surface area contributed by atoms with E-state index in [1.165, 1.54) is 0 Å². The SMILES string of the molecule is [2H]c1c([2H])c([2H])c(-c2nc(-c3c([2H])c([2H])c([2H])c([2H])c3[2H])nc(-c3cc(Cl)cc4oc5ccccc5c34)n2)c([2H])c1[2H]. The molecule has 0 bridgehead atoms. The van der Waals surface area contributed by atoms with E-state index in [0.717, 1.165) is 0 Å². The van der Waals surface area contributed by atoms with Crippen molar-refractivity contribution in [1.29, 1.82) is 0 Å². The second-order valence-electron chi connectivity index (χ2n) is 6.73. The number of halogens is 1. The van der Waals surface area contributed by atoms with Crippen LogP contribution in [0, 0.1) is 0 Å². The van der Waals surface area contributed by atoms with E-state index in [4.69, 9.17) is 29.7 Å². The van der Waals surface area contributed by atoms with Crippen LogP contribution in [0.1, 0.15) is 13.7 Å². The van der Waals surface area contributed by atoms with Crippen LogP contribution in [0.3, 0.4) is 0 Å². The summed E-state index contributed by atoms with van der Waals surface area (Å²) in [7, 11) is 0. The summed E-state index contributed by atoms with van der Waals surface area (Å²) in [5.74, 6) is -0.813. The largest absolute Gasteiger partial charge is 0.456 e. The van der Waals surface area contributed by atoms with Crippen molar-refractivity contribution in [3.8, 4) is 34.2 Å². The summed E-state index contributed by atoms with van der Waals surface area (Å²) in [6.07, 6.45) is 0. The summed E-state index contributed by atoms with van der Waals surface area (Å²) in [4.78, 5) is 13.3. The van der Waals surface area contributed by atoms with Crippen molar-refractivity contribution >= 4 is 33.5 Å². The number of hydrogen-bond donors (Lipinski definition) is 0. The van der Waals surface area contributed by atoms with E-state index >= 15 is 0 Å². The summed E-state index contributed by atoms with van der Waals surface area (Å²) in [6.45, 7) is 0. The van der Waals surface area contributed by atoms with Gasteiger partial charge in [0.2, 0.25) is 0 Å². The quantitative estimate of drug-likeness (QED) is 0.285. The van der Waals surface area contributed by atoms with Gasteiger partial charge in [-0.05, 0) is 12.1 Å². The number of hydrogen-bond acceptors (Lipinski definition) is 4. The van der Waals surface area contributed by atoms with E-state index in [-0.39, 0.29) is 33.6 Å². The highest BCUT2D eigenvalue weighted by molar-refractivity contribution is 6.32. The lowest BCUT2D eigenvalue weighted by Gasteiger charge is -2.09. The first kappa shape index (κ1) is 11.0. The molecule has 0 saturated carbocycles. The molecule has 0 aliphatic heterocycles. The van der Waals surface area contributed by atoms with Crippen LogP contribution >= 0.6 is 11.6 Å². The van der Waals surface area contributed by atoms with E-state index in [9.17, 15) is 0 Å². The zero-order valence-corrected chi connectivity index (χ0v) is 16.8. The summed E-state index contributed by atoms with van der Waals surface area (Å²) in [6, 6.07) is 4.26. The highest BCUT2D eigenvalue weighted by Gasteiger charge is 2.18. The first-order valence-electron chi connectivity index (χ1n) is 14.4. The zero-order valence-electron chi connectivity index (χ0n) is 26.1. The van der Waals surface area contributed by atoms with Crippen molar-refractivity contribution in [3.05, 3.63) is 102 Å². The highest BCUT2D eigenvalue weighted by Crippen LogP contribution is 2.38. The summed E-state index contributed by atoms with van der Waals surface area (Å²) in [5.41, 5.74) is 0.559. The first-order chi connectivity index (χ1) is 19.9. The smallest absolute Gasteiger partial charge is 0.164 e. The third-order valence-electron chi connectivity index (χ3n) is 4.77. The van der Waals surface area contributed by atoms with Crippen molar-refractivity contribution in [2.24, 2.45) is 0 Å². The number of benzene rings is 4. The second-order valence-corrected chi connectivity index (χ2v) is 7.17. The molecule has 0 radical (unpaired) electrons. The van der Waals surface area contributed by atoms with Crippen molar-refractivity contribution in [3.63, 3.8) is 0 Å². The van der Waals surface area contributed by atoms with E-state index in [2.05, 4.69) is 15.0 Å². The standard InChI is InChI=1S/C27H16ClN3O/c28-19-15-21(24-20-13-7-8-14-22(20)32-23(24)16-19)27-30-25(17-9-3-1-4-10-17)29-26(31-27)18-11-5-2-6-12-18/h1-16H/i1D,2D,3D,4D,5D,6D,9D,10D,11D,12D. The molecule has 0 amide bonds. The van der Waals surface area contributed by atoms with Gasteiger partial charge in [0.05, 0.1) is 13.7 Å². The molecule has 32 heavy (non-hydrogen) atoms. The van der Waals surface area contributed by atoms with Crippen LogP contribution in [0.15, 0.2) is 101 Å². The number of fused-ring (bicyclic) bond motifs is 3. The van der Waals surface area contributed by atoms with Gasteiger partial charge in [-0.3, -0.25) is 0 Å². The van der Waals surface area contributed by atoms with Crippen molar-refractivity contribution in [2.75, 3.05) is 0 Å². The number of aromatic nitrogens is 3. The molecule has 0 saturated heterocycles. The maximum Gasteiger partial charge on any atom is 0.164 e. The lowest BCUT2D eigenvalue weighted by molar-refractivity contribution is 0.669. The van der Waals surface area contributed by atoms with E-state index in [1.807, 2.05) is 6.07 Å². The minimum absolute atomic E-state index is 0.0901. The van der Waals surface area contributed by atoms with Gasteiger partial charge in [0.15, 0.2) is 17.5 Å². The molecule has 4 nitrogen and oxygen atoms in total. The van der Waals surface area contributed by atoms with Gasteiger partial charge >= 0.3 is 0 Å². The normalized spacial score (nSPS) is 15.7. The van der Waals surface area contributed by atoms with Gasteiger partial charge in [-0.15, -0.1) is 0 Å². The van der Waals surface area contributed by atoms with E-state index < -0.39 is 60.4 Å². The Hall–Kier alpha value is -4.02. The average Bonchev–Trinajstić information content (AvgIpc) is 3.35. The van der Waals surface area contributed by atoms with Crippen LogP contribution in [0.4, 0.5) is 0 Å². The molecule has 0 fully saturated rings. The number of furan rings is 1. The Morgan fingerprint density at radius 3 is 1.94 bits per heavy atom. The van der Waals surface area contributed by atoms with Gasteiger partial charge < -0.3 is 4.42 Å². The fourth-order valence-corrected chi connectivity index (χ4v) is 3.65. The van der Waals surface area contributed by atoms with Crippen LogP contribution in [-0.2, 0) is 0 Å². The van der Waals surface area contributed by atoms with Crippen LogP contribution in [0.2, 0.25) is 5.02 Å². The Morgan fingerprint density at radius 2 is 1.28 bits per heavy atom. The molecule has 5 heteroatoms. The minimum Gasteiger partial charge on any atom is -0.456 e. The summed E-state index contributed by atoms with van der Waals surface area (Å²) >= 11 is 6.44. The Bertz CT molecular complexity index is 1990. The molecule has 0 aliphatic rings. The van der Waals surface area contributed by atoms with Crippen molar-refractivity contribution in [1.82, 2.24) is 15.0 Å². The molecule has 2 aromatic heterocycles. The Kier molecular flexibility index (Phi) is 2.62. The molecule has 0 aliphatic carbocycles. The molecular formula is C27H16ClN3O. The second kappa shape index (κ2) is 7.59. The van der Waals surface area contributed by atoms with Gasteiger partial charge in [-0.1, -0.05) is 90.2 Å². The molecule has 152 valence electrons. The molecule has 0 atom stereocenters. The molecule has 0 unspecified atom stereocenters. The predicted molar refractivity (Wildman–Crippen MR) is 128 cm³/mol. The van der Waals surface area contributed by atoms with E-state index in [0.29, 0.717) is 27.5 Å². The number of rotatable bonds is 3. The molecule has 2 heterocycles. The van der Waals surface area contributed by atoms with Crippen LogP contribution in [0.25, 0.3) is 56.1 Å². The number of nitrogens with zero attached hydrogens (tertiary/aromatic N) is 3. The van der Waals surface area contributed by atoms with Crippen LogP contribution in [-0.4, -0.2) is 15.0 Å². The minimum atomic E-state index is -0.622. The van der Waals surface area contributed by atoms with Crippen molar-refractivity contribution in [2.45, 2.75) is 0 Å². The lowest BCUT2D eigenvalue weighted by atomic mass is 10.1. The first-order valence-corrected chi connectivity index (χ1v) is 9.80. The molecule has 0 N–H and O–H groups in total. The molecule has 6 aromatic rings. The maximum atomic E-state index is 8.48. The van der Waals surface area contributed by atoms with Gasteiger partial charge in [0.25, 0.3) is 0 Å². The highest BCUT2D eigenvalue weighted by atomic mass is 35.5. The van der Waals surface area contributed by atoms with Crippen LogP contribution < -0.4 is 0 Å². The zero-order chi connectivity index (χ0) is 30.2.